The van der Waals surface area contributed by atoms with Gasteiger partial charge in [-0.3, -0.25) is 19.8 Å². The van der Waals surface area contributed by atoms with E-state index in [1.807, 2.05) is 4.90 Å². The van der Waals surface area contributed by atoms with Gasteiger partial charge in [-0.15, -0.1) is 0 Å². The SMILES string of the molecule is O=C(CN1CCC[C@H]1CO)NC(=O)c1ccc(Cl)cc1. The molecule has 108 valence electrons. The Balaban J connectivity index is 1.88. The van der Waals surface area contributed by atoms with E-state index in [9.17, 15) is 14.7 Å². The Hall–Kier alpha value is -1.43. The Labute approximate surface area is 122 Å². The highest BCUT2D eigenvalue weighted by atomic mass is 35.5. The number of carbonyl (C=O) groups excluding carboxylic acids is 2. The van der Waals surface area contributed by atoms with Crippen LogP contribution in [-0.2, 0) is 4.79 Å². The molecule has 2 rings (SSSR count). The topological polar surface area (TPSA) is 69.6 Å². The first-order valence-electron chi connectivity index (χ1n) is 6.55. The number of carbonyl (C=O) groups is 2. The summed E-state index contributed by atoms with van der Waals surface area (Å²) in [6, 6.07) is 6.35. The minimum atomic E-state index is -0.439. The molecule has 1 aliphatic rings. The van der Waals surface area contributed by atoms with Crippen molar-refractivity contribution in [1.29, 1.82) is 0 Å². The minimum absolute atomic E-state index is 0.0198. The summed E-state index contributed by atoms with van der Waals surface area (Å²) in [7, 11) is 0. The molecule has 0 aromatic heterocycles. The molecule has 1 saturated heterocycles. The van der Waals surface area contributed by atoms with Crippen LogP contribution in [0.4, 0.5) is 0 Å². The summed E-state index contributed by atoms with van der Waals surface area (Å²) in [5, 5.41) is 12.1. The maximum absolute atomic E-state index is 11.8. The van der Waals surface area contributed by atoms with Crippen LogP contribution in [0.5, 0.6) is 0 Å². The fourth-order valence-corrected chi connectivity index (χ4v) is 2.46. The van der Waals surface area contributed by atoms with Gasteiger partial charge < -0.3 is 5.11 Å². The van der Waals surface area contributed by atoms with E-state index in [0.717, 1.165) is 19.4 Å². The molecule has 1 fully saturated rings. The monoisotopic (exact) mass is 296 g/mol. The van der Waals surface area contributed by atoms with E-state index in [1.165, 1.54) is 0 Å². The van der Waals surface area contributed by atoms with Crippen LogP contribution >= 0.6 is 11.6 Å². The highest BCUT2D eigenvalue weighted by molar-refractivity contribution is 6.30. The molecule has 0 unspecified atom stereocenters. The average molecular weight is 297 g/mol. The molecule has 1 aromatic rings. The third-order valence-electron chi connectivity index (χ3n) is 3.42. The van der Waals surface area contributed by atoms with Gasteiger partial charge in [-0.05, 0) is 43.7 Å². The number of hydrogen-bond donors (Lipinski definition) is 2. The zero-order valence-corrected chi connectivity index (χ0v) is 11.8. The molecular formula is C14H17ClN2O3. The van der Waals surface area contributed by atoms with Crippen LogP contribution in [0.3, 0.4) is 0 Å². The predicted molar refractivity (Wildman–Crippen MR) is 75.6 cm³/mol. The first-order valence-corrected chi connectivity index (χ1v) is 6.92. The van der Waals surface area contributed by atoms with Crippen molar-refractivity contribution in [2.24, 2.45) is 0 Å². The molecule has 1 heterocycles. The van der Waals surface area contributed by atoms with Gasteiger partial charge in [0.15, 0.2) is 0 Å². The van der Waals surface area contributed by atoms with Crippen LogP contribution in [0.15, 0.2) is 24.3 Å². The number of hydrogen-bond acceptors (Lipinski definition) is 4. The lowest BCUT2D eigenvalue weighted by molar-refractivity contribution is -0.121. The lowest BCUT2D eigenvalue weighted by Gasteiger charge is -2.21. The third-order valence-corrected chi connectivity index (χ3v) is 3.67. The number of likely N-dealkylation sites (tertiary alicyclic amines) is 1. The molecular weight excluding hydrogens is 280 g/mol. The van der Waals surface area contributed by atoms with Crippen LogP contribution in [0.2, 0.25) is 5.02 Å². The zero-order valence-electron chi connectivity index (χ0n) is 11.0. The Bertz CT molecular complexity index is 490. The van der Waals surface area contributed by atoms with Gasteiger partial charge in [0.1, 0.15) is 0 Å². The van der Waals surface area contributed by atoms with Gasteiger partial charge in [-0.2, -0.15) is 0 Å². The van der Waals surface area contributed by atoms with Crippen molar-refractivity contribution in [2.45, 2.75) is 18.9 Å². The molecule has 6 heteroatoms. The van der Waals surface area contributed by atoms with E-state index in [-0.39, 0.29) is 25.1 Å². The van der Waals surface area contributed by atoms with Gasteiger partial charge in [-0.25, -0.2) is 0 Å². The smallest absolute Gasteiger partial charge is 0.257 e. The lowest BCUT2D eigenvalue weighted by atomic mass is 10.2. The van der Waals surface area contributed by atoms with E-state index in [2.05, 4.69) is 5.32 Å². The summed E-state index contributed by atoms with van der Waals surface area (Å²) >= 11 is 5.74. The largest absolute Gasteiger partial charge is 0.395 e. The normalized spacial score (nSPS) is 19.0. The highest BCUT2D eigenvalue weighted by Crippen LogP contribution is 2.15. The maximum Gasteiger partial charge on any atom is 0.257 e. The standard InChI is InChI=1S/C14H17ClN2O3/c15-11-5-3-10(4-6-11)14(20)16-13(19)8-17-7-1-2-12(17)9-18/h3-6,12,18H,1-2,7-9H2,(H,16,19,20)/t12-/m0/s1. The average Bonchev–Trinajstić information content (AvgIpc) is 2.86. The Morgan fingerprint density at radius 2 is 2.05 bits per heavy atom. The molecule has 0 spiro atoms. The maximum atomic E-state index is 11.8. The molecule has 5 nitrogen and oxygen atoms in total. The van der Waals surface area contributed by atoms with Gasteiger partial charge in [0, 0.05) is 16.6 Å². The predicted octanol–water partition coefficient (Wildman–Crippen LogP) is 1.05. The molecule has 1 atom stereocenters. The number of imide groups is 1. The number of halogens is 1. The number of aliphatic hydroxyl groups is 1. The second-order valence-electron chi connectivity index (χ2n) is 4.83. The number of amides is 2. The quantitative estimate of drug-likeness (QED) is 0.871. The Morgan fingerprint density at radius 3 is 2.70 bits per heavy atom. The lowest BCUT2D eigenvalue weighted by Crippen LogP contribution is -2.43. The van der Waals surface area contributed by atoms with Gasteiger partial charge in [0.2, 0.25) is 5.91 Å². The van der Waals surface area contributed by atoms with Crippen molar-refractivity contribution < 1.29 is 14.7 Å². The van der Waals surface area contributed by atoms with Crippen molar-refractivity contribution >= 4 is 23.4 Å². The van der Waals surface area contributed by atoms with Crippen LogP contribution in [0.1, 0.15) is 23.2 Å². The summed E-state index contributed by atoms with van der Waals surface area (Å²) < 4.78 is 0. The van der Waals surface area contributed by atoms with Gasteiger partial charge in [-0.1, -0.05) is 11.6 Å². The molecule has 2 amide bonds. The summed E-state index contributed by atoms with van der Waals surface area (Å²) in [6.45, 7) is 0.941. The molecule has 0 radical (unpaired) electrons. The van der Waals surface area contributed by atoms with Gasteiger partial charge in [0.25, 0.3) is 5.91 Å². The number of aliphatic hydroxyl groups excluding tert-OH is 1. The number of benzene rings is 1. The molecule has 0 aliphatic carbocycles. The summed E-state index contributed by atoms with van der Waals surface area (Å²) in [5.74, 6) is -0.795. The van der Waals surface area contributed by atoms with Crippen LogP contribution in [0, 0.1) is 0 Å². The fourth-order valence-electron chi connectivity index (χ4n) is 2.33. The Morgan fingerprint density at radius 1 is 1.35 bits per heavy atom. The molecule has 20 heavy (non-hydrogen) atoms. The summed E-state index contributed by atoms with van der Waals surface area (Å²) in [5.41, 5.74) is 0.392. The molecule has 1 aliphatic heterocycles. The van der Waals surface area contributed by atoms with Crippen LogP contribution in [0.25, 0.3) is 0 Å². The van der Waals surface area contributed by atoms with E-state index in [1.54, 1.807) is 24.3 Å². The van der Waals surface area contributed by atoms with E-state index in [4.69, 9.17) is 11.6 Å². The second kappa shape index (κ2) is 6.83. The third kappa shape index (κ3) is 3.79. The van der Waals surface area contributed by atoms with Crippen LogP contribution in [-0.4, -0.2) is 47.6 Å². The molecule has 2 N–H and O–H groups in total. The zero-order chi connectivity index (χ0) is 14.5. The number of rotatable bonds is 4. The Kier molecular flexibility index (Phi) is 5.11. The van der Waals surface area contributed by atoms with Crippen molar-refractivity contribution in [3.63, 3.8) is 0 Å². The van der Waals surface area contributed by atoms with Crippen molar-refractivity contribution in [3.8, 4) is 0 Å². The minimum Gasteiger partial charge on any atom is -0.395 e. The van der Waals surface area contributed by atoms with Crippen molar-refractivity contribution in [2.75, 3.05) is 19.7 Å². The summed E-state index contributed by atoms with van der Waals surface area (Å²) in [6.07, 6.45) is 1.85. The second-order valence-corrected chi connectivity index (χ2v) is 5.27. The van der Waals surface area contributed by atoms with Crippen molar-refractivity contribution in [3.05, 3.63) is 34.9 Å². The van der Waals surface area contributed by atoms with Gasteiger partial charge >= 0.3 is 0 Å². The molecule has 0 saturated carbocycles. The number of nitrogens with zero attached hydrogens (tertiary/aromatic N) is 1. The van der Waals surface area contributed by atoms with Crippen molar-refractivity contribution in [1.82, 2.24) is 10.2 Å². The summed E-state index contributed by atoms with van der Waals surface area (Å²) in [4.78, 5) is 25.6. The van der Waals surface area contributed by atoms with E-state index in [0.29, 0.717) is 10.6 Å². The van der Waals surface area contributed by atoms with Crippen LogP contribution < -0.4 is 5.32 Å². The first kappa shape index (κ1) is 15.0. The number of nitrogens with one attached hydrogen (secondary N) is 1. The highest BCUT2D eigenvalue weighted by Gasteiger charge is 2.25. The van der Waals surface area contributed by atoms with E-state index < -0.39 is 5.91 Å². The first-order chi connectivity index (χ1) is 9.60. The van der Waals surface area contributed by atoms with Gasteiger partial charge in [0.05, 0.1) is 13.2 Å². The molecule has 0 bridgehead atoms. The fraction of sp³-hybridized carbons (Fsp3) is 0.429. The van der Waals surface area contributed by atoms with E-state index >= 15 is 0 Å². The molecule has 1 aromatic carbocycles.